The Bertz CT molecular complexity index is 1030. The molecule has 2 saturated heterocycles. The van der Waals surface area contributed by atoms with Gasteiger partial charge in [0, 0.05) is 19.3 Å². The molecule has 0 aromatic heterocycles. The Kier molecular flexibility index (Phi) is 4.97. The zero-order valence-corrected chi connectivity index (χ0v) is 24.0. The van der Waals surface area contributed by atoms with Gasteiger partial charge in [-0.15, -0.1) is 0 Å². The highest BCUT2D eigenvalue weighted by Gasteiger charge is 2.68. The highest BCUT2D eigenvalue weighted by atomic mass is 79.9. The van der Waals surface area contributed by atoms with Crippen molar-refractivity contribution in [2.45, 2.75) is 32.2 Å². The smallest absolute Gasteiger partial charge is 0.238 e. The number of anilines is 2. The van der Waals surface area contributed by atoms with E-state index in [4.69, 9.17) is 0 Å². The van der Waals surface area contributed by atoms with Gasteiger partial charge in [-0.1, -0.05) is 69.8 Å². The Morgan fingerprint density at radius 3 is 1.15 bits per heavy atom. The SMILES string of the molecule is O=C1[C@@H]2[C@H]3C[C@@H]([C@H](Br)[C@H]3Br)[C@@H]2C(=O)N1c1cccc(N2C(=O)[C@@H]3[C@H]4C[C@@H]([C@H](Br)[C@@H]4Br)[C@@H]3C2=O)c1. The van der Waals surface area contributed by atoms with E-state index < -0.39 is 0 Å². The number of carbonyl (C=O) groups excluding carboxylic acids is 4. The lowest BCUT2D eigenvalue weighted by atomic mass is 9.81. The lowest BCUT2D eigenvalue weighted by Crippen LogP contribution is -2.37. The predicted molar refractivity (Wildman–Crippen MR) is 139 cm³/mol. The third-order valence-corrected chi connectivity index (χ3v) is 15.7. The normalized spacial score (nSPS) is 48.5. The maximum Gasteiger partial charge on any atom is 0.238 e. The third kappa shape index (κ3) is 2.62. The van der Waals surface area contributed by atoms with E-state index in [1.54, 1.807) is 24.3 Å². The van der Waals surface area contributed by atoms with Crippen LogP contribution in [0.3, 0.4) is 0 Å². The Morgan fingerprint density at radius 1 is 0.559 bits per heavy atom. The van der Waals surface area contributed by atoms with E-state index in [1.165, 1.54) is 9.80 Å². The largest absolute Gasteiger partial charge is 0.274 e. The average Bonchev–Trinajstić information content (AvgIpc) is 3.61. The first kappa shape index (κ1) is 22.6. The van der Waals surface area contributed by atoms with E-state index in [-0.39, 0.29) is 90.3 Å². The number of fused-ring (bicyclic) bond motifs is 10. The highest BCUT2D eigenvalue weighted by molar-refractivity contribution is 9.12. The fourth-order valence-electron chi connectivity index (χ4n) is 7.98. The second-order valence-electron chi connectivity index (χ2n) is 10.6. The molecule has 4 aliphatic carbocycles. The molecule has 6 fully saturated rings. The maximum absolute atomic E-state index is 13.4. The second-order valence-corrected chi connectivity index (χ2v) is 14.8. The van der Waals surface area contributed by atoms with Gasteiger partial charge in [-0.3, -0.25) is 19.2 Å². The molecule has 0 spiro atoms. The summed E-state index contributed by atoms with van der Waals surface area (Å²) in [6, 6.07) is 6.82. The van der Waals surface area contributed by atoms with Crippen molar-refractivity contribution in [3.63, 3.8) is 0 Å². The average molecular weight is 720 g/mol. The number of hydrogen-bond donors (Lipinski definition) is 0. The molecule has 2 heterocycles. The first-order valence-corrected chi connectivity index (χ1v) is 15.3. The van der Waals surface area contributed by atoms with Crippen LogP contribution < -0.4 is 9.80 Å². The van der Waals surface area contributed by atoms with Crippen LogP contribution in [0.2, 0.25) is 0 Å². The fourth-order valence-corrected chi connectivity index (χ4v) is 11.7. The molecule has 6 aliphatic rings. The van der Waals surface area contributed by atoms with Gasteiger partial charge >= 0.3 is 0 Å². The van der Waals surface area contributed by atoms with Crippen LogP contribution in [0.5, 0.6) is 0 Å². The van der Waals surface area contributed by atoms with Crippen molar-refractivity contribution in [1.29, 1.82) is 0 Å². The Hall–Kier alpha value is -0.580. The summed E-state index contributed by atoms with van der Waals surface area (Å²) in [5.41, 5.74) is 0.881. The number of halogens is 4. The van der Waals surface area contributed by atoms with E-state index in [0.29, 0.717) is 11.4 Å². The molecule has 6 nitrogen and oxygen atoms in total. The van der Waals surface area contributed by atoms with Gasteiger partial charge in [0.25, 0.3) is 0 Å². The van der Waals surface area contributed by atoms with Gasteiger partial charge < -0.3 is 0 Å². The van der Waals surface area contributed by atoms with Crippen LogP contribution in [0.4, 0.5) is 11.4 Å². The molecule has 10 heteroatoms. The molecule has 178 valence electrons. The molecule has 4 saturated carbocycles. The predicted octanol–water partition coefficient (Wildman–Crippen LogP) is 4.25. The van der Waals surface area contributed by atoms with E-state index in [1.807, 2.05) is 0 Å². The molecular formula is C24H20Br4N2O4. The first-order chi connectivity index (χ1) is 16.2. The summed E-state index contributed by atoms with van der Waals surface area (Å²) in [6.45, 7) is 0. The molecule has 0 N–H and O–H groups in total. The lowest BCUT2D eigenvalue weighted by molar-refractivity contribution is -0.124. The topological polar surface area (TPSA) is 74.8 Å². The summed E-state index contributed by atoms with van der Waals surface area (Å²) in [7, 11) is 0. The molecule has 2 aliphatic heterocycles. The quantitative estimate of drug-likeness (QED) is 0.339. The van der Waals surface area contributed by atoms with Gasteiger partial charge in [0.15, 0.2) is 0 Å². The van der Waals surface area contributed by atoms with E-state index in [2.05, 4.69) is 63.7 Å². The minimum Gasteiger partial charge on any atom is -0.274 e. The molecule has 1 aromatic carbocycles. The van der Waals surface area contributed by atoms with E-state index >= 15 is 0 Å². The van der Waals surface area contributed by atoms with Crippen LogP contribution in [-0.4, -0.2) is 42.9 Å². The van der Waals surface area contributed by atoms with Crippen LogP contribution in [0.1, 0.15) is 12.8 Å². The minimum absolute atomic E-state index is 0.134. The number of hydrogen-bond acceptors (Lipinski definition) is 4. The molecule has 7 rings (SSSR count). The molecule has 0 radical (unpaired) electrons. The number of amides is 4. The fraction of sp³-hybridized carbons (Fsp3) is 0.583. The monoisotopic (exact) mass is 716 g/mol. The standard InChI is InChI=1S/C24H20Br4N2O4/c25-17-9-5-10(18(17)26)14-13(9)21(31)29(22(14)32)7-2-1-3-8(4-7)30-23(33)15-11-6-12(16(15)24(30)34)20(28)19(11)27/h1-4,9-20H,5-6H2/t9-,10-,11-,12-,13-,14+,15-,16+,17-,18+,19+,20+/m1/s1. The van der Waals surface area contributed by atoms with Gasteiger partial charge in [-0.2, -0.15) is 0 Å². The Balaban J connectivity index is 1.22. The molecule has 0 unspecified atom stereocenters. The van der Waals surface area contributed by atoms with Gasteiger partial charge in [-0.25, -0.2) is 9.80 Å². The minimum atomic E-state index is -0.309. The number of imide groups is 2. The summed E-state index contributed by atoms with van der Waals surface area (Å²) >= 11 is 14.9. The van der Waals surface area contributed by atoms with Crippen molar-refractivity contribution in [1.82, 2.24) is 0 Å². The van der Waals surface area contributed by atoms with Crippen LogP contribution in [0, 0.1) is 47.3 Å². The number of rotatable bonds is 2. The summed E-state index contributed by atoms with van der Waals surface area (Å²) in [6.07, 6.45) is 1.75. The molecule has 34 heavy (non-hydrogen) atoms. The lowest BCUT2D eigenvalue weighted by Gasteiger charge is -2.28. The van der Waals surface area contributed by atoms with Gasteiger partial charge in [0.1, 0.15) is 0 Å². The first-order valence-electron chi connectivity index (χ1n) is 11.6. The van der Waals surface area contributed by atoms with E-state index in [9.17, 15) is 19.2 Å². The van der Waals surface area contributed by atoms with Gasteiger partial charge in [-0.05, 0) is 54.7 Å². The summed E-state index contributed by atoms with van der Waals surface area (Å²) in [4.78, 5) is 57.0. The highest BCUT2D eigenvalue weighted by Crippen LogP contribution is 2.62. The second kappa shape index (κ2) is 7.48. The van der Waals surface area contributed by atoms with Crippen LogP contribution in [-0.2, 0) is 19.2 Å². The summed E-state index contributed by atoms with van der Waals surface area (Å²) in [5.74, 6) is -1.36. The van der Waals surface area contributed by atoms with Crippen molar-refractivity contribution in [2.24, 2.45) is 47.3 Å². The molecule has 4 bridgehead atoms. The molecule has 12 atom stereocenters. The van der Waals surface area contributed by atoms with Crippen molar-refractivity contribution in [2.75, 3.05) is 9.80 Å². The zero-order chi connectivity index (χ0) is 23.8. The van der Waals surface area contributed by atoms with Crippen molar-refractivity contribution in [3.8, 4) is 0 Å². The van der Waals surface area contributed by atoms with Crippen LogP contribution in [0.25, 0.3) is 0 Å². The van der Waals surface area contributed by atoms with Crippen LogP contribution >= 0.6 is 63.7 Å². The number of alkyl halides is 4. The van der Waals surface area contributed by atoms with Gasteiger partial charge in [0.2, 0.25) is 23.6 Å². The maximum atomic E-state index is 13.4. The zero-order valence-electron chi connectivity index (χ0n) is 17.7. The molecular weight excluding hydrogens is 700 g/mol. The van der Waals surface area contributed by atoms with Crippen LogP contribution in [0.15, 0.2) is 24.3 Å². The number of nitrogens with zero attached hydrogens (tertiary/aromatic N) is 2. The van der Waals surface area contributed by atoms with Gasteiger partial charge in [0.05, 0.1) is 35.0 Å². The van der Waals surface area contributed by atoms with Crippen molar-refractivity contribution in [3.05, 3.63) is 24.3 Å². The summed E-state index contributed by atoms with van der Waals surface area (Å²) in [5, 5.41) is 0. The van der Waals surface area contributed by atoms with Crippen molar-refractivity contribution < 1.29 is 19.2 Å². The molecule has 1 aromatic rings. The summed E-state index contributed by atoms with van der Waals surface area (Å²) < 4.78 is 0. The third-order valence-electron chi connectivity index (χ3n) is 9.32. The van der Waals surface area contributed by atoms with E-state index in [0.717, 1.165) is 12.8 Å². The number of carbonyl (C=O) groups is 4. The Labute approximate surface area is 230 Å². The number of benzene rings is 1. The Morgan fingerprint density at radius 2 is 0.853 bits per heavy atom. The van der Waals surface area contributed by atoms with Crippen molar-refractivity contribution >= 4 is 98.7 Å². The molecule has 4 amide bonds.